The van der Waals surface area contributed by atoms with Crippen molar-refractivity contribution in [1.29, 1.82) is 0 Å². The second-order valence-corrected chi connectivity index (χ2v) is 9.98. The zero-order valence-corrected chi connectivity index (χ0v) is 16.8. The summed E-state index contributed by atoms with van der Waals surface area (Å²) < 4.78 is 5.43. The van der Waals surface area contributed by atoms with Gasteiger partial charge in [-0.2, -0.15) is 0 Å². The molecule has 4 aliphatic carbocycles. The van der Waals surface area contributed by atoms with Crippen LogP contribution in [0.3, 0.4) is 0 Å². The molecule has 0 spiro atoms. The van der Waals surface area contributed by atoms with Crippen LogP contribution in [0.15, 0.2) is 24.0 Å². The topological polar surface area (TPSA) is 46.5 Å². The third kappa shape index (κ3) is 2.13. The summed E-state index contributed by atoms with van der Waals surface area (Å²) >= 11 is 0. The van der Waals surface area contributed by atoms with Gasteiger partial charge in [0.2, 0.25) is 0 Å². The van der Waals surface area contributed by atoms with Gasteiger partial charge >= 0.3 is 0 Å². The molecule has 0 heterocycles. The molecule has 0 radical (unpaired) electrons. The summed E-state index contributed by atoms with van der Waals surface area (Å²) in [5.41, 5.74) is 0.521. The fourth-order valence-corrected chi connectivity index (χ4v) is 7.63. The Morgan fingerprint density at radius 2 is 1.92 bits per heavy atom. The van der Waals surface area contributed by atoms with Crippen LogP contribution in [0.1, 0.15) is 65.7 Å². The summed E-state index contributed by atoms with van der Waals surface area (Å²) in [6.45, 7) is 11.0. The average molecular weight is 359 g/mol. The highest BCUT2D eigenvalue weighted by Gasteiger charge is 2.65. The van der Waals surface area contributed by atoms with Gasteiger partial charge < -0.3 is 9.84 Å². The molecule has 7 atom stereocenters. The number of rotatable bonds is 2. The first-order chi connectivity index (χ1) is 12.2. The monoisotopic (exact) mass is 358 g/mol. The molecule has 144 valence electrons. The summed E-state index contributed by atoms with van der Waals surface area (Å²) in [6.07, 6.45) is 8.79. The van der Waals surface area contributed by atoms with Crippen molar-refractivity contribution in [2.24, 2.45) is 34.5 Å². The molecule has 26 heavy (non-hydrogen) atoms. The summed E-state index contributed by atoms with van der Waals surface area (Å²) in [5.74, 6) is 3.09. The second-order valence-electron chi connectivity index (χ2n) is 9.98. The van der Waals surface area contributed by atoms with E-state index in [0.29, 0.717) is 41.6 Å². The van der Waals surface area contributed by atoms with Gasteiger partial charge in [-0.15, -0.1) is 0 Å². The fourth-order valence-electron chi connectivity index (χ4n) is 7.63. The Hall–Kier alpha value is -1.09. The van der Waals surface area contributed by atoms with Crippen LogP contribution in [-0.2, 0) is 9.53 Å². The first-order valence-electron chi connectivity index (χ1n) is 10.4. The van der Waals surface area contributed by atoms with Crippen molar-refractivity contribution in [2.75, 3.05) is 7.11 Å². The molecule has 1 unspecified atom stereocenters. The number of carbonyl (C=O) groups is 1. The maximum Gasteiger partial charge on any atom is 0.155 e. The van der Waals surface area contributed by atoms with E-state index in [1.165, 1.54) is 5.57 Å². The van der Waals surface area contributed by atoms with Crippen LogP contribution in [0.25, 0.3) is 0 Å². The van der Waals surface area contributed by atoms with E-state index < -0.39 is 5.60 Å². The number of methoxy groups -OCH3 is 1. The zero-order chi connectivity index (χ0) is 18.9. The summed E-state index contributed by atoms with van der Waals surface area (Å²) in [4.78, 5) is 12.1. The molecule has 0 aliphatic heterocycles. The minimum atomic E-state index is -0.903. The Morgan fingerprint density at radius 3 is 2.62 bits per heavy atom. The molecule has 3 nitrogen and oxygen atoms in total. The number of hydrogen-bond donors (Lipinski definition) is 1. The van der Waals surface area contributed by atoms with Gasteiger partial charge in [-0.3, -0.25) is 4.79 Å². The van der Waals surface area contributed by atoms with E-state index in [0.717, 1.165) is 38.5 Å². The number of aliphatic hydroxyl groups is 1. The molecule has 3 fully saturated rings. The smallest absolute Gasteiger partial charge is 0.155 e. The molecular formula is C23H34O3. The lowest BCUT2D eigenvalue weighted by Crippen LogP contribution is -2.56. The lowest BCUT2D eigenvalue weighted by molar-refractivity contribution is -0.131. The molecule has 0 aromatic carbocycles. The van der Waals surface area contributed by atoms with Crippen LogP contribution in [0.4, 0.5) is 0 Å². The highest BCUT2D eigenvalue weighted by Crippen LogP contribution is 2.69. The number of carbonyl (C=O) groups excluding carboxylic acids is 1. The van der Waals surface area contributed by atoms with E-state index in [4.69, 9.17) is 4.74 Å². The van der Waals surface area contributed by atoms with E-state index in [2.05, 4.69) is 27.4 Å². The van der Waals surface area contributed by atoms with Crippen LogP contribution < -0.4 is 0 Å². The summed E-state index contributed by atoms with van der Waals surface area (Å²) in [7, 11) is 1.63. The summed E-state index contributed by atoms with van der Waals surface area (Å²) in [6, 6.07) is 0. The number of ketones is 1. The van der Waals surface area contributed by atoms with E-state index in [1.54, 1.807) is 7.11 Å². The van der Waals surface area contributed by atoms with Crippen molar-refractivity contribution < 1.29 is 14.6 Å². The minimum Gasteiger partial charge on any atom is -0.499 e. The van der Waals surface area contributed by atoms with Crippen LogP contribution in [0, 0.1) is 34.5 Å². The lowest BCUT2D eigenvalue weighted by atomic mass is 9.45. The van der Waals surface area contributed by atoms with Gasteiger partial charge in [0, 0.05) is 11.8 Å². The maximum atomic E-state index is 12.1. The SMILES string of the molecule is C=C(OC)[C@@]1(O)CC[C@H]2[C@@H]3CC(C)C4=CC(=O)CC[C@]4(C)[C@H]3CC[C@@]21C. The maximum absolute atomic E-state index is 12.1. The van der Waals surface area contributed by atoms with Crippen LogP contribution in [0.2, 0.25) is 0 Å². The Morgan fingerprint density at radius 1 is 1.23 bits per heavy atom. The van der Waals surface area contributed by atoms with Gasteiger partial charge in [0.05, 0.1) is 7.11 Å². The molecule has 4 rings (SSSR count). The Balaban J connectivity index is 1.72. The Labute approximate surface area is 157 Å². The number of fused-ring (bicyclic) bond motifs is 5. The molecule has 0 aromatic rings. The third-order valence-electron chi connectivity index (χ3n) is 9.14. The molecule has 0 bridgehead atoms. The molecule has 1 N–H and O–H groups in total. The van der Waals surface area contributed by atoms with E-state index in [-0.39, 0.29) is 10.8 Å². The van der Waals surface area contributed by atoms with E-state index >= 15 is 0 Å². The van der Waals surface area contributed by atoms with Gasteiger partial charge in [0.25, 0.3) is 0 Å². The molecule has 0 saturated heterocycles. The van der Waals surface area contributed by atoms with Crippen molar-refractivity contribution in [1.82, 2.24) is 0 Å². The van der Waals surface area contributed by atoms with Gasteiger partial charge in [-0.05, 0) is 73.7 Å². The normalized spacial score (nSPS) is 50.3. The van der Waals surface area contributed by atoms with Gasteiger partial charge in [-0.25, -0.2) is 0 Å². The predicted molar refractivity (Wildman–Crippen MR) is 102 cm³/mol. The van der Waals surface area contributed by atoms with E-state index in [9.17, 15) is 9.90 Å². The third-order valence-corrected chi connectivity index (χ3v) is 9.14. The van der Waals surface area contributed by atoms with Gasteiger partial charge in [0.15, 0.2) is 5.78 Å². The number of ether oxygens (including phenoxy) is 1. The molecule has 4 aliphatic rings. The van der Waals surface area contributed by atoms with E-state index in [1.807, 2.05) is 6.08 Å². The van der Waals surface area contributed by atoms with Crippen molar-refractivity contribution in [3.63, 3.8) is 0 Å². The molecule has 3 heteroatoms. The second kappa shape index (κ2) is 5.70. The number of allylic oxidation sites excluding steroid dienone is 1. The predicted octanol–water partition coefficient (Wildman–Crippen LogP) is 4.66. The van der Waals surface area contributed by atoms with Crippen molar-refractivity contribution in [2.45, 2.75) is 71.3 Å². The lowest BCUT2D eigenvalue weighted by Gasteiger charge is -2.60. The number of hydrogen-bond acceptors (Lipinski definition) is 3. The van der Waals surface area contributed by atoms with Crippen LogP contribution in [-0.4, -0.2) is 23.6 Å². The van der Waals surface area contributed by atoms with Crippen molar-refractivity contribution in [3.05, 3.63) is 24.0 Å². The Kier molecular flexibility index (Phi) is 4.01. The minimum absolute atomic E-state index is 0.150. The molecular weight excluding hydrogens is 324 g/mol. The molecule has 0 amide bonds. The van der Waals surface area contributed by atoms with Crippen LogP contribution in [0.5, 0.6) is 0 Å². The fraction of sp³-hybridized carbons (Fsp3) is 0.783. The first kappa shape index (κ1) is 18.3. The first-order valence-corrected chi connectivity index (χ1v) is 10.4. The summed E-state index contributed by atoms with van der Waals surface area (Å²) in [5, 5.41) is 11.5. The highest BCUT2D eigenvalue weighted by atomic mass is 16.5. The quantitative estimate of drug-likeness (QED) is 0.731. The average Bonchev–Trinajstić information content (AvgIpc) is 2.88. The molecule has 0 aromatic heterocycles. The zero-order valence-electron chi connectivity index (χ0n) is 16.8. The van der Waals surface area contributed by atoms with Crippen molar-refractivity contribution in [3.8, 4) is 0 Å². The van der Waals surface area contributed by atoms with Gasteiger partial charge in [-0.1, -0.05) is 32.9 Å². The molecule has 3 saturated carbocycles. The van der Waals surface area contributed by atoms with Crippen LogP contribution >= 0.6 is 0 Å². The van der Waals surface area contributed by atoms with Crippen molar-refractivity contribution >= 4 is 5.78 Å². The van der Waals surface area contributed by atoms with Gasteiger partial charge in [0.1, 0.15) is 11.4 Å². The standard InChI is InChI=1S/C23H34O3/c1-14-12-17-18(21(3)9-6-16(24)13-20(14)21)7-10-22(4)19(17)8-11-23(22,25)15(2)26-5/h13-14,17-19,25H,2,6-12H2,1,3-5H3/t14?,17-,18+,19+,21-,22+,23+/m1/s1. The highest BCUT2D eigenvalue weighted by molar-refractivity contribution is 5.91. The largest absolute Gasteiger partial charge is 0.499 e. The Bertz CT molecular complexity index is 679.